The lowest BCUT2D eigenvalue weighted by Crippen LogP contribution is -2.17. The van der Waals surface area contributed by atoms with Gasteiger partial charge in [-0.1, -0.05) is 139 Å². The molecule has 0 saturated heterocycles. The smallest absolute Gasteiger partial charge is 0.137 e. The van der Waals surface area contributed by atoms with E-state index in [1.807, 2.05) is 23.9 Å². The molecule has 0 saturated carbocycles. The van der Waals surface area contributed by atoms with E-state index in [1.54, 1.807) is 0 Å². The molecule has 0 spiro atoms. The summed E-state index contributed by atoms with van der Waals surface area (Å²) >= 11 is 1.85. The summed E-state index contributed by atoms with van der Waals surface area (Å²) in [4.78, 5) is 7.24. The van der Waals surface area contributed by atoms with Crippen LogP contribution in [0.5, 0.6) is 0 Å². The van der Waals surface area contributed by atoms with Crippen LogP contribution in [0.1, 0.15) is 0 Å². The van der Waals surface area contributed by atoms with Crippen LogP contribution in [0.3, 0.4) is 0 Å². The van der Waals surface area contributed by atoms with Gasteiger partial charge in [0, 0.05) is 55.6 Å². The Morgan fingerprint density at radius 3 is 1.75 bits per heavy atom. The molecule has 1 aliphatic rings. The van der Waals surface area contributed by atoms with Crippen LogP contribution in [0.4, 0.5) is 34.3 Å². The molecule has 0 radical (unpaired) electrons. The zero-order chi connectivity index (χ0) is 40.3. The van der Waals surface area contributed by atoms with Gasteiger partial charge in [0.2, 0.25) is 0 Å². The van der Waals surface area contributed by atoms with E-state index in [1.165, 1.54) is 26.4 Å². The van der Waals surface area contributed by atoms with Gasteiger partial charge in [-0.05, 0) is 113 Å². The van der Waals surface area contributed by atoms with Crippen molar-refractivity contribution < 1.29 is 4.42 Å². The summed E-state index contributed by atoms with van der Waals surface area (Å²) in [5, 5.41) is 3.44. The molecule has 0 atom stereocenters. The summed E-state index contributed by atoms with van der Waals surface area (Å²) in [5.74, 6) is 1.15. The second-order valence-electron chi connectivity index (χ2n) is 15.4. The number of para-hydroxylation sites is 4. The van der Waals surface area contributed by atoms with Gasteiger partial charge < -0.3 is 9.32 Å². The molecule has 0 amide bonds. The van der Waals surface area contributed by atoms with Crippen LogP contribution in [-0.4, -0.2) is 4.57 Å². The van der Waals surface area contributed by atoms with Gasteiger partial charge in [-0.3, -0.25) is 9.47 Å². The van der Waals surface area contributed by atoms with Crippen LogP contribution in [0.2, 0.25) is 0 Å². The van der Waals surface area contributed by atoms with E-state index >= 15 is 0 Å². The van der Waals surface area contributed by atoms with E-state index in [0.717, 1.165) is 78.4 Å². The highest BCUT2D eigenvalue weighted by atomic mass is 32.2. The molecule has 3 heterocycles. The van der Waals surface area contributed by atoms with Gasteiger partial charge in [-0.15, -0.1) is 0 Å². The summed E-state index contributed by atoms with van der Waals surface area (Å²) in [6.45, 7) is 0. The van der Waals surface area contributed by atoms with Gasteiger partial charge in [0.05, 0.1) is 16.1 Å². The number of fused-ring (bicyclic) bond motifs is 7. The topological polar surface area (TPSA) is 24.6 Å². The largest absolute Gasteiger partial charge is 0.456 e. The fourth-order valence-electron chi connectivity index (χ4n) is 8.94. The van der Waals surface area contributed by atoms with Crippen LogP contribution in [0.15, 0.2) is 239 Å². The molecule has 0 N–H and O–H groups in total. The minimum Gasteiger partial charge on any atom is -0.456 e. The summed E-state index contributed by atoms with van der Waals surface area (Å²) in [7, 11) is 0. The number of benzene rings is 9. The molecule has 12 rings (SSSR count). The highest BCUT2D eigenvalue weighted by Gasteiger charge is 2.32. The van der Waals surface area contributed by atoms with Crippen molar-refractivity contribution >= 4 is 78.9 Å². The second kappa shape index (κ2) is 14.5. The first-order chi connectivity index (χ1) is 30.2. The summed E-state index contributed by atoms with van der Waals surface area (Å²) in [6, 6.07) is 80.3. The lowest BCUT2D eigenvalue weighted by atomic mass is 10.0. The van der Waals surface area contributed by atoms with Gasteiger partial charge in [-0.2, -0.15) is 0 Å². The van der Waals surface area contributed by atoms with Crippen molar-refractivity contribution in [2.75, 3.05) is 9.80 Å². The third-order valence-electron chi connectivity index (χ3n) is 11.7. The molecule has 5 heteroatoms. The predicted molar refractivity (Wildman–Crippen MR) is 255 cm³/mol. The van der Waals surface area contributed by atoms with Crippen molar-refractivity contribution in [3.63, 3.8) is 0 Å². The molecule has 11 aromatic rings. The van der Waals surface area contributed by atoms with E-state index in [2.05, 4.69) is 227 Å². The van der Waals surface area contributed by atoms with Crippen molar-refractivity contribution in [1.82, 2.24) is 4.57 Å². The van der Waals surface area contributed by atoms with Crippen molar-refractivity contribution in [2.24, 2.45) is 0 Å². The molecule has 288 valence electrons. The quantitative estimate of drug-likeness (QED) is 0.160. The maximum Gasteiger partial charge on any atom is 0.137 e. The number of nitrogens with zero attached hydrogens (tertiary/aromatic N) is 3. The van der Waals surface area contributed by atoms with Gasteiger partial charge >= 0.3 is 0 Å². The van der Waals surface area contributed by atoms with Gasteiger partial charge in [-0.25, -0.2) is 0 Å². The number of anilines is 6. The van der Waals surface area contributed by atoms with Gasteiger partial charge in [0.15, 0.2) is 0 Å². The molecular formula is C56H37N3OS. The standard InChI is InChI=1S/C56H37N3OS/c1-4-16-38(17-5-1)39-18-14-24-44(34-39)57(46-31-32-48-47-26-10-12-28-52(47)60-53(48)37-46)45-25-15-19-40(35-45)41-30-33-50-49(36-41)55-56(58(50)42-20-6-2-7-21-42)59(43-22-8-3-9-23-43)51-27-11-13-29-54(51)61-55/h1-37H. The van der Waals surface area contributed by atoms with Crippen molar-refractivity contribution in [1.29, 1.82) is 0 Å². The van der Waals surface area contributed by atoms with Crippen LogP contribution in [-0.2, 0) is 0 Å². The van der Waals surface area contributed by atoms with Crippen LogP contribution in [0.25, 0.3) is 60.8 Å². The van der Waals surface area contributed by atoms with Crippen LogP contribution < -0.4 is 9.80 Å². The molecule has 4 nitrogen and oxygen atoms in total. The summed E-state index contributed by atoms with van der Waals surface area (Å²) in [5.41, 5.74) is 14.1. The van der Waals surface area contributed by atoms with E-state index in [9.17, 15) is 0 Å². The second-order valence-corrected chi connectivity index (χ2v) is 16.4. The molecule has 2 aromatic heterocycles. The predicted octanol–water partition coefficient (Wildman–Crippen LogP) is 16.3. The maximum absolute atomic E-state index is 6.45. The van der Waals surface area contributed by atoms with Crippen molar-refractivity contribution in [3.8, 4) is 27.9 Å². The lowest BCUT2D eigenvalue weighted by Gasteiger charge is -2.32. The molecule has 0 aliphatic carbocycles. The number of hydrogen-bond donors (Lipinski definition) is 0. The first-order valence-electron chi connectivity index (χ1n) is 20.6. The van der Waals surface area contributed by atoms with E-state index in [0.29, 0.717) is 0 Å². The number of hydrogen-bond acceptors (Lipinski definition) is 4. The Bertz CT molecular complexity index is 3410. The third-order valence-corrected chi connectivity index (χ3v) is 12.9. The van der Waals surface area contributed by atoms with Crippen LogP contribution in [0, 0.1) is 0 Å². The normalized spacial score (nSPS) is 12.2. The molecule has 0 fully saturated rings. The van der Waals surface area contributed by atoms with E-state index < -0.39 is 0 Å². The highest BCUT2D eigenvalue weighted by Crippen LogP contribution is 2.56. The summed E-state index contributed by atoms with van der Waals surface area (Å²) < 4.78 is 8.87. The average molecular weight is 800 g/mol. The minimum absolute atomic E-state index is 0.862. The Hall–Kier alpha value is -7.73. The zero-order valence-corrected chi connectivity index (χ0v) is 33.8. The number of rotatable bonds is 7. The molecule has 0 bridgehead atoms. The maximum atomic E-state index is 6.45. The van der Waals surface area contributed by atoms with E-state index in [4.69, 9.17) is 4.42 Å². The van der Waals surface area contributed by atoms with Gasteiger partial charge in [0.1, 0.15) is 17.0 Å². The first kappa shape index (κ1) is 35.2. The monoisotopic (exact) mass is 799 g/mol. The van der Waals surface area contributed by atoms with E-state index in [-0.39, 0.29) is 0 Å². The zero-order valence-electron chi connectivity index (χ0n) is 33.0. The molecule has 1 aliphatic heterocycles. The lowest BCUT2D eigenvalue weighted by molar-refractivity contribution is 0.669. The fraction of sp³-hybridized carbons (Fsp3) is 0. The Kier molecular flexibility index (Phi) is 8.39. The number of aromatic nitrogens is 1. The van der Waals surface area contributed by atoms with Crippen LogP contribution >= 0.6 is 11.8 Å². The Labute approximate surface area is 358 Å². The minimum atomic E-state index is 0.862. The Balaban J connectivity index is 1.04. The van der Waals surface area contributed by atoms with Crippen molar-refractivity contribution in [3.05, 3.63) is 224 Å². The van der Waals surface area contributed by atoms with Gasteiger partial charge in [0.25, 0.3) is 0 Å². The highest BCUT2D eigenvalue weighted by molar-refractivity contribution is 8.00. The molecule has 61 heavy (non-hydrogen) atoms. The Morgan fingerprint density at radius 1 is 0.393 bits per heavy atom. The molecule has 0 unspecified atom stereocenters. The summed E-state index contributed by atoms with van der Waals surface area (Å²) in [6.07, 6.45) is 0. The third kappa shape index (κ3) is 6.01. The fourth-order valence-corrected chi connectivity index (χ4v) is 10.1. The molecule has 9 aromatic carbocycles. The number of furan rings is 1. The Morgan fingerprint density at radius 2 is 0.984 bits per heavy atom. The average Bonchev–Trinajstić information content (AvgIpc) is 3.86. The van der Waals surface area contributed by atoms with Crippen molar-refractivity contribution in [2.45, 2.75) is 9.79 Å². The SMILES string of the molecule is c1ccc(-c2cccc(N(c3cccc(-c4ccc5c(c4)c4c(n5-c5ccccc5)N(c5ccccc5)c5ccccc5S4)c3)c3ccc4c(c3)oc3ccccc34)c2)cc1. The first-order valence-corrected chi connectivity index (χ1v) is 21.4. The molecular weight excluding hydrogens is 763 g/mol.